The van der Waals surface area contributed by atoms with E-state index in [1.54, 1.807) is 0 Å². The molecule has 1 atom stereocenters. The number of aryl methyl sites for hydroxylation is 2. The first-order chi connectivity index (χ1) is 9.64. The maximum atomic E-state index is 6.13. The maximum absolute atomic E-state index is 6.13. The number of nitrogens with two attached hydrogens (primary N) is 1. The second-order valence-electron chi connectivity index (χ2n) is 6.64. The molecule has 4 heteroatoms. The molecule has 0 aromatic carbocycles. The smallest absolute Gasteiger partial charge is 0.191 e. The number of piperidine rings is 1. The zero-order chi connectivity index (χ0) is 14.2. The third-order valence-corrected chi connectivity index (χ3v) is 5.42. The fraction of sp³-hybridized carbons (Fsp3) is 0.812. The van der Waals surface area contributed by atoms with Crippen molar-refractivity contribution < 1.29 is 4.42 Å². The number of hydrogen-bond donors (Lipinski definition) is 1. The van der Waals surface area contributed by atoms with Crippen molar-refractivity contribution in [2.75, 3.05) is 13.1 Å². The molecular formula is C16H27N3O. The van der Waals surface area contributed by atoms with E-state index >= 15 is 0 Å². The van der Waals surface area contributed by atoms with Crippen molar-refractivity contribution in [3.63, 3.8) is 0 Å². The number of rotatable bonds is 4. The molecule has 1 saturated heterocycles. The van der Waals surface area contributed by atoms with E-state index in [9.17, 15) is 0 Å². The van der Waals surface area contributed by atoms with Crippen LogP contribution in [0, 0.1) is 19.3 Å². The number of oxazole rings is 1. The third kappa shape index (κ3) is 2.40. The molecule has 1 aliphatic carbocycles. The SMILES string of the molecule is Cc1nc(C)c(CN2CCCCC2C2(CN)CCC2)o1. The normalized spacial score (nSPS) is 26.4. The highest BCUT2D eigenvalue weighted by molar-refractivity contribution is 5.09. The van der Waals surface area contributed by atoms with Gasteiger partial charge in [-0.05, 0) is 51.1 Å². The molecular weight excluding hydrogens is 250 g/mol. The Morgan fingerprint density at radius 1 is 1.30 bits per heavy atom. The van der Waals surface area contributed by atoms with Crippen LogP contribution in [0.2, 0.25) is 0 Å². The van der Waals surface area contributed by atoms with Gasteiger partial charge in [-0.1, -0.05) is 12.8 Å². The lowest BCUT2D eigenvalue weighted by molar-refractivity contribution is -0.0234. The molecule has 0 spiro atoms. The second kappa shape index (κ2) is 5.49. The number of likely N-dealkylation sites (tertiary alicyclic amines) is 1. The van der Waals surface area contributed by atoms with Crippen LogP contribution in [0.25, 0.3) is 0 Å². The van der Waals surface area contributed by atoms with E-state index in [0.29, 0.717) is 11.5 Å². The maximum Gasteiger partial charge on any atom is 0.191 e. The van der Waals surface area contributed by atoms with Gasteiger partial charge in [0.05, 0.1) is 12.2 Å². The highest BCUT2D eigenvalue weighted by Crippen LogP contribution is 2.47. The van der Waals surface area contributed by atoms with E-state index in [-0.39, 0.29) is 0 Å². The Morgan fingerprint density at radius 3 is 2.65 bits per heavy atom. The summed E-state index contributed by atoms with van der Waals surface area (Å²) >= 11 is 0. The molecule has 3 rings (SSSR count). The first kappa shape index (κ1) is 14.1. The average Bonchev–Trinajstić information content (AvgIpc) is 2.69. The molecule has 112 valence electrons. The Morgan fingerprint density at radius 2 is 2.10 bits per heavy atom. The first-order valence-electron chi connectivity index (χ1n) is 8.02. The predicted octanol–water partition coefficient (Wildman–Crippen LogP) is 2.77. The first-order valence-corrected chi connectivity index (χ1v) is 8.02. The fourth-order valence-corrected chi connectivity index (χ4v) is 4.08. The van der Waals surface area contributed by atoms with Crippen molar-refractivity contribution in [3.8, 4) is 0 Å². The number of nitrogens with zero attached hydrogens (tertiary/aromatic N) is 2. The van der Waals surface area contributed by atoms with Gasteiger partial charge in [-0.2, -0.15) is 0 Å². The summed E-state index contributed by atoms with van der Waals surface area (Å²) in [5, 5.41) is 0. The third-order valence-electron chi connectivity index (χ3n) is 5.42. The highest BCUT2D eigenvalue weighted by Gasteiger charge is 2.46. The summed E-state index contributed by atoms with van der Waals surface area (Å²) in [4.78, 5) is 7.01. The van der Waals surface area contributed by atoms with Gasteiger partial charge in [-0.15, -0.1) is 0 Å². The summed E-state index contributed by atoms with van der Waals surface area (Å²) in [6.45, 7) is 6.89. The van der Waals surface area contributed by atoms with Crippen LogP contribution in [0.3, 0.4) is 0 Å². The van der Waals surface area contributed by atoms with Crippen LogP contribution in [0.15, 0.2) is 4.42 Å². The summed E-state index contributed by atoms with van der Waals surface area (Å²) in [6, 6.07) is 0.639. The molecule has 2 fully saturated rings. The summed E-state index contributed by atoms with van der Waals surface area (Å²) in [5.74, 6) is 1.82. The Kier molecular flexibility index (Phi) is 3.87. The largest absolute Gasteiger partial charge is 0.444 e. The molecule has 1 aliphatic heterocycles. The molecule has 0 amide bonds. The van der Waals surface area contributed by atoms with Crippen molar-refractivity contribution in [2.45, 2.75) is 65.0 Å². The topological polar surface area (TPSA) is 55.3 Å². The van der Waals surface area contributed by atoms with Crippen molar-refractivity contribution >= 4 is 0 Å². The molecule has 1 saturated carbocycles. The Bertz CT molecular complexity index is 459. The molecule has 1 aromatic rings. The van der Waals surface area contributed by atoms with Gasteiger partial charge in [-0.3, -0.25) is 4.90 Å². The van der Waals surface area contributed by atoms with Crippen molar-refractivity contribution in [1.29, 1.82) is 0 Å². The fourth-order valence-electron chi connectivity index (χ4n) is 4.08. The molecule has 1 unspecified atom stereocenters. The quantitative estimate of drug-likeness (QED) is 0.919. The van der Waals surface area contributed by atoms with Gasteiger partial charge in [0.2, 0.25) is 0 Å². The summed E-state index contributed by atoms with van der Waals surface area (Å²) in [7, 11) is 0. The van der Waals surface area contributed by atoms with Crippen LogP contribution >= 0.6 is 0 Å². The Balaban J connectivity index is 1.77. The Hall–Kier alpha value is -0.870. The van der Waals surface area contributed by atoms with Crippen LogP contribution in [-0.2, 0) is 6.54 Å². The minimum Gasteiger partial charge on any atom is -0.444 e. The molecule has 2 aliphatic rings. The van der Waals surface area contributed by atoms with E-state index in [4.69, 9.17) is 10.2 Å². The van der Waals surface area contributed by atoms with Crippen LogP contribution in [0.5, 0.6) is 0 Å². The van der Waals surface area contributed by atoms with Gasteiger partial charge in [0.25, 0.3) is 0 Å². The van der Waals surface area contributed by atoms with E-state index in [0.717, 1.165) is 30.4 Å². The highest BCUT2D eigenvalue weighted by atomic mass is 16.4. The summed E-state index contributed by atoms with van der Waals surface area (Å²) in [5.41, 5.74) is 7.55. The predicted molar refractivity (Wildman–Crippen MR) is 79.4 cm³/mol. The Labute approximate surface area is 121 Å². The number of aromatic nitrogens is 1. The standard InChI is InChI=1S/C16H27N3O/c1-12-14(20-13(2)18-12)10-19-9-4-3-6-15(19)16(11-17)7-5-8-16/h15H,3-11,17H2,1-2H3. The van der Waals surface area contributed by atoms with Gasteiger partial charge in [-0.25, -0.2) is 4.98 Å². The van der Waals surface area contributed by atoms with Gasteiger partial charge in [0.1, 0.15) is 5.76 Å². The van der Waals surface area contributed by atoms with Gasteiger partial charge < -0.3 is 10.2 Å². The van der Waals surface area contributed by atoms with Crippen LogP contribution in [0.4, 0.5) is 0 Å². The lowest BCUT2D eigenvalue weighted by Gasteiger charge is -2.53. The molecule has 1 aromatic heterocycles. The monoisotopic (exact) mass is 277 g/mol. The molecule has 2 heterocycles. The lowest BCUT2D eigenvalue weighted by atomic mass is 9.62. The van der Waals surface area contributed by atoms with E-state index in [1.807, 2.05) is 13.8 Å². The van der Waals surface area contributed by atoms with E-state index < -0.39 is 0 Å². The van der Waals surface area contributed by atoms with Crippen molar-refractivity contribution in [1.82, 2.24) is 9.88 Å². The van der Waals surface area contributed by atoms with Crippen LogP contribution in [0.1, 0.15) is 55.9 Å². The minimum absolute atomic E-state index is 0.378. The summed E-state index contributed by atoms with van der Waals surface area (Å²) in [6.07, 6.45) is 7.89. The second-order valence-corrected chi connectivity index (χ2v) is 6.64. The molecule has 20 heavy (non-hydrogen) atoms. The zero-order valence-electron chi connectivity index (χ0n) is 12.8. The van der Waals surface area contributed by atoms with Gasteiger partial charge in [0, 0.05) is 13.0 Å². The van der Waals surface area contributed by atoms with Crippen molar-refractivity contribution in [3.05, 3.63) is 17.3 Å². The number of hydrogen-bond acceptors (Lipinski definition) is 4. The van der Waals surface area contributed by atoms with Gasteiger partial charge >= 0.3 is 0 Å². The molecule has 0 radical (unpaired) electrons. The van der Waals surface area contributed by atoms with Crippen LogP contribution in [-0.4, -0.2) is 29.0 Å². The van der Waals surface area contributed by atoms with E-state index in [2.05, 4.69) is 9.88 Å². The lowest BCUT2D eigenvalue weighted by Crippen LogP contribution is -2.56. The van der Waals surface area contributed by atoms with Crippen molar-refractivity contribution in [2.24, 2.45) is 11.1 Å². The van der Waals surface area contributed by atoms with Crippen LogP contribution < -0.4 is 5.73 Å². The minimum atomic E-state index is 0.378. The molecule has 2 N–H and O–H groups in total. The zero-order valence-corrected chi connectivity index (χ0v) is 12.8. The molecule has 0 bridgehead atoms. The summed E-state index contributed by atoms with van der Waals surface area (Å²) < 4.78 is 5.78. The van der Waals surface area contributed by atoms with Gasteiger partial charge in [0.15, 0.2) is 5.89 Å². The average molecular weight is 277 g/mol. The van der Waals surface area contributed by atoms with E-state index in [1.165, 1.54) is 45.1 Å². The molecule has 4 nitrogen and oxygen atoms in total.